The number of aromatic hydroxyl groups is 3. The quantitative estimate of drug-likeness (QED) is 0.0552. The molecule has 6 N–H and O–H groups in total. The van der Waals surface area contributed by atoms with Gasteiger partial charge in [-0.05, 0) is 127 Å². The maximum absolute atomic E-state index is 13.4. The number of hydrogen-bond donors (Lipinski definition) is 6. The van der Waals surface area contributed by atoms with Crippen molar-refractivity contribution in [1.29, 1.82) is 0 Å². The van der Waals surface area contributed by atoms with Crippen molar-refractivity contribution in [3.8, 4) is 17.2 Å². The Labute approximate surface area is 442 Å². The van der Waals surface area contributed by atoms with Crippen LogP contribution < -0.4 is 16.0 Å². The number of phenols is 3. The number of hydrogen-bond acceptors (Lipinski definition) is 10. The van der Waals surface area contributed by atoms with E-state index in [1.54, 1.807) is 102 Å². The van der Waals surface area contributed by atoms with Crippen LogP contribution in [-0.2, 0) is 29.5 Å². The molecular weight excluding hydrogens is 1020 g/mol. The number of para-hydroxylation sites is 3. The van der Waals surface area contributed by atoms with E-state index in [1.807, 2.05) is 54.6 Å². The van der Waals surface area contributed by atoms with E-state index in [-0.39, 0.29) is 38.6 Å². The molecule has 0 heterocycles. The molecule has 0 saturated heterocycles. The lowest BCUT2D eigenvalue weighted by Crippen LogP contribution is -2.09. The van der Waals surface area contributed by atoms with Crippen molar-refractivity contribution in [2.24, 2.45) is 0 Å². The van der Waals surface area contributed by atoms with Crippen molar-refractivity contribution in [3.05, 3.63) is 250 Å². The van der Waals surface area contributed by atoms with Crippen LogP contribution in [0.15, 0.2) is 236 Å². The minimum atomic E-state index is -3.70. The van der Waals surface area contributed by atoms with Gasteiger partial charge in [0.2, 0.25) is 9.84 Å². The molecular formula is C58H49Cl2F2N3O5S3. The molecule has 0 atom stereocenters. The van der Waals surface area contributed by atoms with Gasteiger partial charge in [0.25, 0.3) is 0 Å². The van der Waals surface area contributed by atoms with Crippen LogP contribution in [0.4, 0.5) is 25.8 Å². The minimum Gasteiger partial charge on any atom is -0.504 e. The minimum absolute atomic E-state index is 0.0767. The highest BCUT2D eigenvalue weighted by Crippen LogP contribution is 2.35. The Morgan fingerprint density at radius 1 is 0.452 bits per heavy atom. The number of rotatable bonds is 15. The summed E-state index contributed by atoms with van der Waals surface area (Å²) >= 11 is 15.1. The topological polar surface area (TPSA) is 131 Å². The van der Waals surface area contributed by atoms with Crippen molar-refractivity contribution in [1.82, 2.24) is 0 Å². The molecule has 0 unspecified atom stereocenters. The Morgan fingerprint density at radius 2 is 0.877 bits per heavy atom. The summed E-state index contributed by atoms with van der Waals surface area (Å²) in [7, 11) is -3.70. The molecule has 0 amide bonds. The standard InChI is InChI=1S/C20H18FNOS.C19H15Cl2NO3S.C19H16FNOS/c1-14-9-11-16(12-10-14)24-19-8-3-2-5-15(19)13-22-18-7-4-6-17(21)20(18)23;20-14-8-10-15(11-9-14)26(24,25)18-7-2-1-4-13(18)12-22-17-6-3-5-16(21)19(17)23;20-16-10-6-11-17(19(16)22)21-13-14-7-4-5-12-18(14)23-15-8-2-1-3-9-15/h2-12,22-23H,13H2,1H3;1-11,22-23H,12H2;1-12,21-22H,13H2. The lowest BCUT2D eigenvalue weighted by atomic mass is 10.2. The Bertz CT molecular complexity index is 3380. The SMILES string of the molecule is Cc1ccc(Sc2ccccc2CNc2cccc(F)c2O)cc1.O=S(=O)(c1ccc(Cl)cc1)c1ccccc1CNc1cccc(Cl)c1O.Oc1c(F)cccc1NCc1ccccc1Sc1ccccc1. The molecule has 0 saturated carbocycles. The molecule has 9 aromatic rings. The Hall–Kier alpha value is -7.13. The number of aryl methyl sites for hydroxylation is 1. The summed E-state index contributed by atoms with van der Waals surface area (Å²) < 4.78 is 52.7. The third-order valence-corrected chi connectivity index (χ3v) is 15.6. The van der Waals surface area contributed by atoms with E-state index in [2.05, 4.69) is 71.4 Å². The fraction of sp³-hybridized carbons (Fsp3) is 0.0690. The molecule has 0 radical (unpaired) electrons. The van der Waals surface area contributed by atoms with Gasteiger partial charge in [0.15, 0.2) is 28.9 Å². The predicted octanol–water partition coefficient (Wildman–Crippen LogP) is 16.0. The van der Waals surface area contributed by atoms with Gasteiger partial charge in [-0.25, -0.2) is 17.2 Å². The van der Waals surface area contributed by atoms with Crippen LogP contribution in [0.5, 0.6) is 17.2 Å². The predicted molar refractivity (Wildman–Crippen MR) is 293 cm³/mol. The summed E-state index contributed by atoms with van der Waals surface area (Å²) in [5.41, 5.74) is 5.19. The van der Waals surface area contributed by atoms with Gasteiger partial charge < -0.3 is 31.3 Å². The van der Waals surface area contributed by atoms with Crippen LogP contribution in [0.2, 0.25) is 10.0 Å². The third kappa shape index (κ3) is 15.0. The second-order valence-electron chi connectivity index (χ2n) is 16.1. The average Bonchev–Trinajstić information content (AvgIpc) is 3.40. The summed E-state index contributed by atoms with van der Waals surface area (Å²) in [5.74, 6) is -2.02. The van der Waals surface area contributed by atoms with Gasteiger partial charge in [0.1, 0.15) is 0 Å². The van der Waals surface area contributed by atoms with E-state index >= 15 is 0 Å². The molecule has 0 aliphatic heterocycles. The van der Waals surface area contributed by atoms with Gasteiger partial charge >= 0.3 is 0 Å². The van der Waals surface area contributed by atoms with Crippen molar-refractivity contribution < 1.29 is 32.5 Å². The smallest absolute Gasteiger partial charge is 0.206 e. The molecule has 0 fully saturated rings. The van der Waals surface area contributed by atoms with Crippen LogP contribution in [0.3, 0.4) is 0 Å². The third-order valence-electron chi connectivity index (χ3n) is 10.9. The van der Waals surface area contributed by atoms with Gasteiger partial charge in [-0.1, -0.05) is 155 Å². The first kappa shape index (κ1) is 53.7. The van der Waals surface area contributed by atoms with Gasteiger partial charge in [-0.3, -0.25) is 0 Å². The van der Waals surface area contributed by atoms with Crippen molar-refractivity contribution in [3.63, 3.8) is 0 Å². The van der Waals surface area contributed by atoms with Crippen molar-refractivity contribution >= 4 is 73.6 Å². The first-order chi connectivity index (χ1) is 35.3. The molecule has 15 heteroatoms. The van der Waals surface area contributed by atoms with E-state index in [4.69, 9.17) is 23.2 Å². The van der Waals surface area contributed by atoms with Gasteiger partial charge in [0, 0.05) is 44.2 Å². The fourth-order valence-corrected chi connectivity index (χ4v) is 10.7. The average molecular weight is 1070 g/mol. The van der Waals surface area contributed by atoms with Crippen LogP contribution >= 0.6 is 46.7 Å². The van der Waals surface area contributed by atoms with E-state index in [9.17, 15) is 32.5 Å². The Balaban J connectivity index is 0.000000161. The summed E-state index contributed by atoms with van der Waals surface area (Å²) in [6, 6.07) is 61.2. The molecule has 9 aromatic carbocycles. The second kappa shape index (κ2) is 26.0. The molecule has 0 aromatic heterocycles. The summed E-state index contributed by atoms with van der Waals surface area (Å²) in [6.45, 7) is 3.29. The lowest BCUT2D eigenvalue weighted by molar-refractivity contribution is 0.434. The van der Waals surface area contributed by atoms with E-state index in [1.165, 1.54) is 34.7 Å². The number of halogens is 4. The van der Waals surface area contributed by atoms with Crippen LogP contribution in [0.25, 0.3) is 0 Å². The van der Waals surface area contributed by atoms with Crippen LogP contribution in [0, 0.1) is 18.6 Å². The lowest BCUT2D eigenvalue weighted by Gasteiger charge is -2.13. The van der Waals surface area contributed by atoms with E-state index < -0.39 is 21.5 Å². The second-order valence-corrected chi connectivity index (χ2v) is 21.1. The van der Waals surface area contributed by atoms with Crippen molar-refractivity contribution in [2.45, 2.75) is 55.9 Å². The first-order valence-electron chi connectivity index (χ1n) is 22.6. The molecule has 0 aliphatic carbocycles. The number of benzene rings is 9. The van der Waals surface area contributed by atoms with Gasteiger partial charge in [0.05, 0.1) is 31.9 Å². The number of anilines is 3. The van der Waals surface area contributed by atoms with Crippen LogP contribution in [-0.4, -0.2) is 23.7 Å². The van der Waals surface area contributed by atoms with E-state index in [0.29, 0.717) is 40.7 Å². The van der Waals surface area contributed by atoms with Gasteiger partial charge in [-0.15, -0.1) is 0 Å². The summed E-state index contributed by atoms with van der Waals surface area (Å²) in [5, 5.41) is 39.4. The molecule has 73 heavy (non-hydrogen) atoms. The highest BCUT2D eigenvalue weighted by molar-refractivity contribution is 7.99. The molecule has 0 aliphatic rings. The number of phenolic OH excluding ortho intramolecular Hbond substituents is 3. The number of sulfone groups is 1. The largest absolute Gasteiger partial charge is 0.504 e. The summed E-state index contributed by atoms with van der Waals surface area (Å²) in [6.07, 6.45) is 0. The monoisotopic (exact) mass is 1070 g/mol. The van der Waals surface area contributed by atoms with Crippen molar-refractivity contribution in [2.75, 3.05) is 16.0 Å². The zero-order chi connectivity index (χ0) is 51.7. The first-order valence-corrected chi connectivity index (χ1v) is 26.5. The molecule has 372 valence electrons. The van der Waals surface area contributed by atoms with Gasteiger partial charge in [-0.2, -0.15) is 0 Å². The molecule has 8 nitrogen and oxygen atoms in total. The zero-order valence-corrected chi connectivity index (χ0v) is 43.1. The maximum Gasteiger partial charge on any atom is 0.206 e. The molecule has 0 spiro atoms. The number of nitrogens with one attached hydrogen (secondary N) is 3. The maximum atomic E-state index is 13.4. The fourth-order valence-electron chi connectivity index (χ4n) is 7.05. The highest BCUT2D eigenvalue weighted by atomic mass is 35.5. The van der Waals surface area contributed by atoms with Crippen LogP contribution in [0.1, 0.15) is 22.3 Å². The Morgan fingerprint density at radius 3 is 1.41 bits per heavy atom. The van der Waals surface area contributed by atoms with E-state index in [0.717, 1.165) is 25.8 Å². The Kier molecular flexibility index (Phi) is 19.1. The highest BCUT2D eigenvalue weighted by Gasteiger charge is 2.21. The molecule has 9 rings (SSSR count). The normalized spacial score (nSPS) is 10.8. The zero-order valence-electron chi connectivity index (χ0n) is 39.1. The molecule has 0 bridgehead atoms. The summed E-state index contributed by atoms with van der Waals surface area (Å²) in [4.78, 5) is 4.94.